The van der Waals surface area contributed by atoms with E-state index in [9.17, 15) is 9.59 Å². The highest BCUT2D eigenvalue weighted by molar-refractivity contribution is 5.83. The van der Waals surface area contributed by atoms with Gasteiger partial charge in [-0.25, -0.2) is 4.79 Å². The maximum Gasteiger partial charge on any atom is 0.344 e. The predicted molar refractivity (Wildman–Crippen MR) is 87.2 cm³/mol. The Labute approximate surface area is 141 Å². The van der Waals surface area contributed by atoms with Crippen molar-refractivity contribution in [3.05, 3.63) is 29.8 Å². The number of nitrogens with zero attached hydrogens (tertiary/aromatic N) is 1. The van der Waals surface area contributed by atoms with E-state index in [-0.39, 0.29) is 18.6 Å². The lowest BCUT2D eigenvalue weighted by molar-refractivity contribution is -0.156. The highest BCUT2D eigenvalue weighted by Crippen LogP contribution is 2.17. The number of nitrogens with one attached hydrogen (secondary N) is 1. The fourth-order valence-corrected chi connectivity index (χ4v) is 2.62. The number of rotatable bonds is 6. The van der Waals surface area contributed by atoms with Crippen molar-refractivity contribution in [3.63, 3.8) is 0 Å². The molecule has 2 rings (SSSR count). The fraction of sp³-hybridized carbons (Fsp3) is 0.500. The summed E-state index contributed by atoms with van der Waals surface area (Å²) in [5.41, 5.74) is 0.512. The number of nitriles is 1. The quantitative estimate of drug-likeness (QED) is 0.809. The van der Waals surface area contributed by atoms with Gasteiger partial charge in [-0.1, -0.05) is 19.3 Å². The lowest BCUT2D eigenvalue weighted by Gasteiger charge is -2.24. The second-order valence-corrected chi connectivity index (χ2v) is 5.90. The lowest BCUT2D eigenvalue weighted by atomic mass is 9.95. The second kappa shape index (κ2) is 8.92. The number of carbonyl (C=O) groups is 2. The van der Waals surface area contributed by atoms with Crippen LogP contribution in [0.3, 0.4) is 0 Å². The molecule has 0 unspecified atom stereocenters. The number of esters is 1. The molecule has 0 aliphatic heterocycles. The van der Waals surface area contributed by atoms with Gasteiger partial charge in [-0.05, 0) is 44.0 Å². The highest BCUT2D eigenvalue weighted by Gasteiger charge is 2.22. The standard InChI is InChI=1S/C18H22N2O4/c1-13(18(22)20-15-5-3-2-4-6-15)24-17(21)12-23-16-9-7-14(11-19)8-10-16/h7-10,13,15H,2-6,12H2,1H3,(H,20,22)/t13-/m1/s1. The van der Waals surface area contributed by atoms with Gasteiger partial charge in [-0.15, -0.1) is 0 Å². The van der Waals surface area contributed by atoms with Gasteiger partial charge < -0.3 is 14.8 Å². The number of hydrogen-bond donors (Lipinski definition) is 1. The average molecular weight is 330 g/mol. The first-order chi connectivity index (χ1) is 11.6. The molecule has 1 amide bonds. The summed E-state index contributed by atoms with van der Waals surface area (Å²) in [7, 11) is 0. The molecule has 6 nitrogen and oxygen atoms in total. The maximum absolute atomic E-state index is 12.0. The van der Waals surface area contributed by atoms with E-state index in [2.05, 4.69) is 5.32 Å². The molecule has 0 spiro atoms. The zero-order valence-corrected chi connectivity index (χ0v) is 13.8. The molecular weight excluding hydrogens is 308 g/mol. The van der Waals surface area contributed by atoms with Crippen LogP contribution in [0.5, 0.6) is 5.75 Å². The van der Waals surface area contributed by atoms with Gasteiger partial charge >= 0.3 is 5.97 Å². The molecule has 128 valence electrons. The molecule has 1 aliphatic carbocycles. The maximum atomic E-state index is 12.0. The molecule has 1 aliphatic rings. The van der Waals surface area contributed by atoms with Crippen LogP contribution in [0.2, 0.25) is 0 Å². The Kier molecular flexibility index (Phi) is 6.62. The van der Waals surface area contributed by atoms with Crippen molar-refractivity contribution >= 4 is 11.9 Å². The van der Waals surface area contributed by atoms with Crippen LogP contribution < -0.4 is 10.1 Å². The first kappa shape index (κ1) is 17.8. The molecule has 1 fully saturated rings. The molecule has 6 heteroatoms. The SMILES string of the molecule is C[C@@H](OC(=O)COc1ccc(C#N)cc1)C(=O)NC1CCCCC1. The summed E-state index contributed by atoms with van der Waals surface area (Å²) < 4.78 is 10.4. The molecule has 0 radical (unpaired) electrons. The van der Waals surface area contributed by atoms with Crippen molar-refractivity contribution in [2.75, 3.05) is 6.61 Å². The Bertz CT molecular complexity index is 600. The second-order valence-electron chi connectivity index (χ2n) is 5.90. The Morgan fingerprint density at radius 2 is 1.92 bits per heavy atom. The van der Waals surface area contributed by atoms with Crippen molar-refractivity contribution in [1.82, 2.24) is 5.32 Å². The van der Waals surface area contributed by atoms with Crippen molar-refractivity contribution in [2.24, 2.45) is 0 Å². The van der Waals surface area contributed by atoms with Crippen molar-refractivity contribution in [1.29, 1.82) is 5.26 Å². The highest BCUT2D eigenvalue weighted by atomic mass is 16.6. The van der Waals surface area contributed by atoms with Crippen LogP contribution in [0.25, 0.3) is 0 Å². The first-order valence-corrected chi connectivity index (χ1v) is 8.21. The largest absolute Gasteiger partial charge is 0.482 e. The van der Waals surface area contributed by atoms with E-state index < -0.39 is 12.1 Å². The Morgan fingerprint density at radius 1 is 1.25 bits per heavy atom. The molecule has 0 aromatic heterocycles. The zero-order chi connectivity index (χ0) is 17.4. The molecule has 0 saturated heterocycles. The van der Waals surface area contributed by atoms with Gasteiger partial charge in [0.25, 0.3) is 5.91 Å². The van der Waals surface area contributed by atoms with Crippen LogP contribution in [0.15, 0.2) is 24.3 Å². The van der Waals surface area contributed by atoms with Crippen LogP contribution in [0.4, 0.5) is 0 Å². The summed E-state index contributed by atoms with van der Waals surface area (Å²) in [5, 5.41) is 11.6. The van der Waals surface area contributed by atoms with Crippen LogP contribution >= 0.6 is 0 Å². The van der Waals surface area contributed by atoms with Gasteiger partial charge in [0.2, 0.25) is 0 Å². The van der Waals surface area contributed by atoms with Crippen molar-refractivity contribution in [2.45, 2.75) is 51.2 Å². The van der Waals surface area contributed by atoms with Gasteiger partial charge in [-0.3, -0.25) is 4.79 Å². The van der Waals surface area contributed by atoms with Crippen molar-refractivity contribution < 1.29 is 19.1 Å². The van der Waals surface area contributed by atoms with E-state index in [1.54, 1.807) is 31.2 Å². The van der Waals surface area contributed by atoms with Gasteiger partial charge in [0.05, 0.1) is 11.6 Å². The summed E-state index contributed by atoms with van der Waals surface area (Å²) in [6, 6.07) is 8.58. The van der Waals surface area contributed by atoms with E-state index in [1.807, 2.05) is 6.07 Å². The van der Waals surface area contributed by atoms with Crippen LogP contribution in [0.1, 0.15) is 44.6 Å². The van der Waals surface area contributed by atoms with Crippen LogP contribution in [0, 0.1) is 11.3 Å². The fourth-order valence-electron chi connectivity index (χ4n) is 2.62. The van der Waals surface area contributed by atoms with E-state index in [4.69, 9.17) is 14.7 Å². The third-order valence-electron chi connectivity index (χ3n) is 3.97. The zero-order valence-electron chi connectivity index (χ0n) is 13.8. The van der Waals surface area contributed by atoms with Gasteiger partial charge in [-0.2, -0.15) is 5.26 Å². The third kappa shape index (κ3) is 5.58. The molecule has 1 aromatic carbocycles. The molecule has 1 aromatic rings. The number of carbonyl (C=O) groups excluding carboxylic acids is 2. The minimum absolute atomic E-state index is 0.183. The first-order valence-electron chi connectivity index (χ1n) is 8.21. The molecule has 0 bridgehead atoms. The smallest absolute Gasteiger partial charge is 0.344 e. The summed E-state index contributed by atoms with van der Waals surface area (Å²) in [6.45, 7) is 1.27. The Hall–Kier alpha value is -2.55. The molecule has 0 heterocycles. The van der Waals surface area contributed by atoms with Crippen LogP contribution in [-0.2, 0) is 14.3 Å². The average Bonchev–Trinajstić information content (AvgIpc) is 2.61. The summed E-state index contributed by atoms with van der Waals surface area (Å²) >= 11 is 0. The summed E-state index contributed by atoms with van der Waals surface area (Å²) in [4.78, 5) is 23.8. The van der Waals surface area contributed by atoms with Crippen molar-refractivity contribution in [3.8, 4) is 11.8 Å². The Morgan fingerprint density at radius 3 is 2.54 bits per heavy atom. The molecule has 1 atom stereocenters. The third-order valence-corrected chi connectivity index (χ3v) is 3.97. The lowest BCUT2D eigenvalue weighted by Crippen LogP contribution is -2.43. The number of benzene rings is 1. The van der Waals surface area contributed by atoms with E-state index in [1.165, 1.54) is 6.42 Å². The van der Waals surface area contributed by atoms with Gasteiger partial charge in [0, 0.05) is 6.04 Å². The van der Waals surface area contributed by atoms with Crippen LogP contribution in [-0.4, -0.2) is 30.6 Å². The van der Waals surface area contributed by atoms with E-state index in [0.717, 1.165) is 25.7 Å². The normalized spacial score (nSPS) is 15.8. The molecule has 1 saturated carbocycles. The summed E-state index contributed by atoms with van der Waals surface area (Å²) in [6.07, 6.45) is 4.57. The monoisotopic (exact) mass is 330 g/mol. The minimum atomic E-state index is -0.844. The molecule has 24 heavy (non-hydrogen) atoms. The molecule has 1 N–H and O–H groups in total. The van der Waals surface area contributed by atoms with E-state index in [0.29, 0.717) is 11.3 Å². The van der Waals surface area contributed by atoms with Gasteiger partial charge in [0.1, 0.15) is 5.75 Å². The predicted octanol–water partition coefficient (Wildman–Crippen LogP) is 2.32. The number of amides is 1. The summed E-state index contributed by atoms with van der Waals surface area (Å²) in [5.74, 6) is -0.412. The number of hydrogen-bond acceptors (Lipinski definition) is 5. The van der Waals surface area contributed by atoms with Gasteiger partial charge in [0.15, 0.2) is 12.7 Å². The van der Waals surface area contributed by atoms with E-state index >= 15 is 0 Å². The minimum Gasteiger partial charge on any atom is -0.482 e. The Balaban J connectivity index is 1.72. The topological polar surface area (TPSA) is 88.4 Å². The number of ether oxygens (including phenoxy) is 2. The molecular formula is C18H22N2O4.